The van der Waals surface area contributed by atoms with Crippen molar-refractivity contribution in [3.8, 4) is 5.69 Å². The van der Waals surface area contributed by atoms with Crippen molar-refractivity contribution < 1.29 is 14.0 Å². The Morgan fingerprint density at radius 3 is 2.24 bits per heavy atom. The van der Waals surface area contributed by atoms with Gasteiger partial charge in [0.2, 0.25) is 0 Å². The fourth-order valence-corrected chi connectivity index (χ4v) is 3.45. The molecule has 0 spiro atoms. The Balaban J connectivity index is 1.87. The summed E-state index contributed by atoms with van der Waals surface area (Å²) in [5, 5.41) is 3.08. The minimum Gasteiger partial charge on any atom is -0.345 e. The summed E-state index contributed by atoms with van der Waals surface area (Å²) in [5.41, 5.74) is 3.71. The van der Waals surface area contributed by atoms with E-state index < -0.39 is 0 Å². The minimum absolute atomic E-state index is 0.212. The highest BCUT2D eigenvalue weighted by molar-refractivity contribution is 6.34. The number of hydrogen-bond acceptors (Lipinski definition) is 2. The van der Waals surface area contributed by atoms with Crippen LogP contribution in [0.15, 0.2) is 48.5 Å². The summed E-state index contributed by atoms with van der Waals surface area (Å²) in [5.74, 6) is -0.827. The van der Waals surface area contributed by atoms with Crippen molar-refractivity contribution in [1.82, 2.24) is 9.47 Å². The van der Waals surface area contributed by atoms with E-state index in [9.17, 15) is 14.0 Å². The Bertz CT molecular complexity index is 1090. The van der Waals surface area contributed by atoms with E-state index in [4.69, 9.17) is 11.6 Å². The summed E-state index contributed by atoms with van der Waals surface area (Å²) in [6.45, 7) is 3.71. The molecule has 7 heteroatoms. The van der Waals surface area contributed by atoms with Gasteiger partial charge in [-0.15, -0.1) is 0 Å². The van der Waals surface area contributed by atoms with Crippen LogP contribution >= 0.6 is 11.6 Å². The quantitative estimate of drug-likeness (QED) is 0.665. The Labute approximate surface area is 173 Å². The van der Waals surface area contributed by atoms with Crippen molar-refractivity contribution in [3.05, 3.63) is 81.9 Å². The van der Waals surface area contributed by atoms with Crippen LogP contribution in [-0.2, 0) is 0 Å². The lowest BCUT2D eigenvalue weighted by atomic mass is 10.1. The molecule has 29 heavy (non-hydrogen) atoms. The van der Waals surface area contributed by atoms with E-state index in [1.165, 1.54) is 17.0 Å². The zero-order chi connectivity index (χ0) is 21.3. The highest BCUT2D eigenvalue weighted by atomic mass is 35.5. The standard InChI is InChI=1S/C22H21ClFN3O2/c1-13-11-19(14(2)27(13)17-8-5-15(24)6-9-17)21(28)25-16-7-10-18(20(23)12-16)22(29)26(3)4/h5-12H,1-4H3,(H,25,28). The lowest BCUT2D eigenvalue weighted by Crippen LogP contribution is -2.22. The average Bonchev–Trinajstić information content (AvgIpc) is 2.96. The third-order valence-electron chi connectivity index (χ3n) is 4.62. The van der Waals surface area contributed by atoms with Crippen LogP contribution < -0.4 is 5.32 Å². The van der Waals surface area contributed by atoms with Crippen LogP contribution in [0.5, 0.6) is 0 Å². The van der Waals surface area contributed by atoms with Crippen molar-refractivity contribution in [1.29, 1.82) is 0 Å². The van der Waals surface area contributed by atoms with Gasteiger partial charge in [-0.3, -0.25) is 9.59 Å². The SMILES string of the molecule is Cc1cc(C(=O)Nc2ccc(C(=O)N(C)C)c(Cl)c2)c(C)n1-c1ccc(F)cc1. The average molecular weight is 414 g/mol. The summed E-state index contributed by atoms with van der Waals surface area (Å²) >= 11 is 6.22. The summed E-state index contributed by atoms with van der Waals surface area (Å²) in [7, 11) is 3.29. The number of nitrogens with one attached hydrogen (secondary N) is 1. The van der Waals surface area contributed by atoms with E-state index in [1.807, 2.05) is 18.4 Å². The second-order valence-electron chi connectivity index (χ2n) is 6.94. The smallest absolute Gasteiger partial charge is 0.257 e. The number of nitrogens with zero attached hydrogens (tertiary/aromatic N) is 2. The van der Waals surface area contributed by atoms with Gasteiger partial charge < -0.3 is 14.8 Å². The second kappa shape index (κ2) is 8.09. The molecule has 0 aliphatic rings. The lowest BCUT2D eigenvalue weighted by molar-refractivity contribution is 0.0827. The number of rotatable bonds is 4. The Morgan fingerprint density at radius 2 is 1.66 bits per heavy atom. The summed E-state index contributed by atoms with van der Waals surface area (Å²) in [6.07, 6.45) is 0. The maximum Gasteiger partial charge on any atom is 0.257 e. The molecular weight excluding hydrogens is 393 g/mol. The third-order valence-corrected chi connectivity index (χ3v) is 4.94. The minimum atomic E-state index is -0.317. The number of hydrogen-bond donors (Lipinski definition) is 1. The molecule has 0 saturated heterocycles. The number of benzene rings is 2. The normalized spacial score (nSPS) is 10.7. The first kappa shape index (κ1) is 20.6. The zero-order valence-corrected chi connectivity index (χ0v) is 17.3. The molecule has 1 aromatic heterocycles. The number of amides is 2. The number of aromatic nitrogens is 1. The van der Waals surface area contributed by atoms with Gasteiger partial charge in [0.1, 0.15) is 5.82 Å². The maximum atomic E-state index is 13.2. The topological polar surface area (TPSA) is 54.3 Å². The van der Waals surface area contributed by atoms with Crippen LogP contribution in [0.4, 0.5) is 10.1 Å². The molecule has 2 amide bonds. The highest BCUT2D eigenvalue weighted by Crippen LogP contribution is 2.25. The molecule has 0 saturated carbocycles. The number of anilines is 1. The van der Waals surface area contributed by atoms with E-state index in [0.717, 1.165) is 17.1 Å². The monoisotopic (exact) mass is 413 g/mol. The van der Waals surface area contributed by atoms with Gasteiger partial charge in [0.25, 0.3) is 11.8 Å². The van der Waals surface area contributed by atoms with Crippen molar-refractivity contribution in [2.45, 2.75) is 13.8 Å². The zero-order valence-electron chi connectivity index (χ0n) is 16.6. The van der Waals surface area contributed by atoms with Crippen molar-refractivity contribution in [2.75, 3.05) is 19.4 Å². The third kappa shape index (κ3) is 4.17. The molecule has 3 rings (SSSR count). The molecule has 0 unspecified atom stereocenters. The van der Waals surface area contributed by atoms with Gasteiger partial charge in [-0.25, -0.2) is 4.39 Å². The molecule has 2 aromatic carbocycles. The number of halogens is 2. The molecular formula is C22H21ClFN3O2. The van der Waals surface area contributed by atoms with Gasteiger partial charge in [0.15, 0.2) is 0 Å². The predicted molar refractivity (Wildman–Crippen MR) is 113 cm³/mol. The molecule has 5 nitrogen and oxygen atoms in total. The largest absolute Gasteiger partial charge is 0.345 e. The fraction of sp³-hybridized carbons (Fsp3) is 0.182. The molecule has 0 fully saturated rings. The molecule has 1 heterocycles. The molecule has 0 atom stereocenters. The Kier molecular flexibility index (Phi) is 5.75. The highest BCUT2D eigenvalue weighted by Gasteiger charge is 2.18. The van der Waals surface area contributed by atoms with Crippen molar-refractivity contribution >= 4 is 29.1 Å². The predicted octanol–water partition coefficient (Wildman–Crippen LogP) is 4.84. The van der Waals surface area contributed by atoms with Crippen LogP contribution in [0.1, 0.15) is 32.1 Å². The van der Waals surface area contributed by atoms with Gasteiger partial charge >= 0.3 is 0 Å². The fourth-order valence-electron chi connectivity index (χ4n) is 3.19. The van der Waals surface area contributed by atoms with Crippen LogP contribution in [0.25, 0.3) is 5.69 Å². The van der Waals surface area contributed by atoms with E-state index in [1.54, 1.807) is 50.5 Å². The molecule has 3 aromatic rings. The van der Waals surface area contributed by atoms with Crippen LogP contribution in [0, 0.1) is 19.7 Å². The summed E-state index contributed by atoms with van der Waals surface area (Å²) in [4.78, 5) is 26.3. The molecule has 0 bridgehead atoms. The first-order valence-corrected chi connectivity index (χ1v) is 9.34. The van der Waals surface area contributed by atoms with Gasteiger partial charge in [-0.1, -0.05) is 11.6 Å². The van der Waals surface area contributed by atoms with Crippen LogP contribution in [0.2, 0.25) is 5.02 Å². The summed E-state index contributed by atoms with van der Waals surface area (Å²) < 4.78 is 15.1. The van der Waals surface area contributed by atoms with E-state index in [0.29, 0.717) is 16.8 Å². The van der Waals surface area contributed by atoms with Crippen LogP contribution in [-0.4, -0.2) is 35.4 Å². The lowest BCUT2D eigenvalue weighted by Gasteiger charge is -2.13. The van der Waals surface area contributed by atoms with Crippen LogP contribution in [0.3, 0.4) is 0 Å². The molecule has 0 radical (unpaired) electrons. The Hall–Kier alpha value is -3.12. The number of aryl methyl sites for hydroxylation is 1. The van der Waals surface area contributed by atoms with Gasteiger partial charge in [-0.2, -0.15) is 0 Å². The molecule has 0 aliphatic carbocycles. The van der Waals surface area contributed by atoms with E-state index >= 15 is 0 Å². The maximum absolute atomic E-state index is 13.2. The van der Waals surface area contributed by atoms with Gasteiger partial charge in [0, 0.05) is 36.9 Å². The van der Waals surface area contributed by atoms with Crippen molar-refractivity contribution in [2.24, 2.45) is 0 Å². The van der Waals surface area contributed by atoms with E-state index in [-0.39, 0.29) is 22.7 Å². The summed E-state index contributed by atoms with van der Waals surface area (Å²) in [6, 6.07) is 12.6. The van der Waals surface area contributed by atoms with E-state index in [2.05, 4.69) is 5.32 Å². The first-order valence-electron chi connectivity index (χ1n) is 8.96. The Morgan fingerprint density at radius 1 is 1.00 bits per heavy atom. The molecule has 0 aliphatic heterocycles. The number of carbonyl (C=O) groups is 2. The van der Waals surface area contributed by atoms with Gasteiger partial charge in [-0.05, 0) is 62.4 Å². The molecule has 1 N–H and O–H groups in total. The van der Waals surface area contributed by atoms with Crippen molar-refractivity contribution in [3.63, 3.8) is 0 Å². The number of carbonyl (C=O) groups excluding carboxylic acids is 2. The van der Waals surface area contributed by atoms with Gasteiger partial charge in [0.05, 0.1) is 16.1 Å². The first-order chi connectivity index (χ1) is 13.7. The second-order valence-corrected chi connectivity index (χ2v) is 7.35. The molecule has 150 valence electrons.